The number of hydrogen-bond acceptors (Lipinski definition) is 2. The molecule has 0 amide bonds. The van der Waals surface area contributed by atoms with Gasteiger partial charge >= 0.3 is 0 Å². The van der Waals surface area contributed by atoms with Crippen LogP contribution in [-0.4, -0.2) is 12.6 Å². The summed E-state index contributed by atoms with van der Waals surface area (Å²) in [5.74, 6) is 0.427. The quantitative estimate of drug-likeness (QED) is 0.901. The van der Waals surface area contributed by atoms with E-state index in [1.54, 1.807) is 0 Å². The van der Waals surface area contributed by atoms with Gasteiger partial charge in [0.25, 0.3) is 0 Å². The summed E-state index contributed by atoms with van der Waals surface area (Å²) in [7, 11) is 0. The Morgan fingerprint density at radius 2 is 2.12 bits per heavy atom. The number of rotatable bonds is 2. The van der Waals surface area contributed by atoms with Crippen LogP contribution in [0.3, 0.4) is 0 Å². The van der Waals surface area contributed by atoms with Gasteiger partial charge in [-0.25, -0.2) is 4.39 Å². The van der Waals surface area contributed by atoms with Gasteiger partial charge in [-0.3, -0.25) is 0 Å². The van der Waals surface area contributed by atoms with E-state index in [2.05, 4.69) is 21.2 Å². The Kier molecular flexibility index (Phi) is 2.64. The smallest absolute Gasteiger partial charge is 0.141 e. The Hall–Kier alpha value is -0.610. The van der Waals surface area contributed by atoms with Crippen molar-refractivity contribution in [3.05, 3.63) is 28.0 Å². The molecule has 2 nitrogen and oxygen atoms in total. The number of benzene rings is 1. The number of halogens is 2. The number of nitrogens with one attached hydrogen (secondary N) is 1. The Labute approximate surface area is 102 Å². The number of ether oxygens (including phenoxy) is 1. The monoisotopic (exact) mass is 285 g/mol. The first-order valence-corrected chi connectivity index (χ1v) is 6.41. The van der Waals surface area contributed by atoms with Crippen LogP contribution in [0.2, 0.25) is 0 Å². The molecule has 1 aromatic carbocycles. The second-order valence-corrected chi connectivity index (χ2v) is 5.29. The van der Waals surface area contributed by atoms with Gasteiger partial charge in [-0.15, -0.1) is 0 Å². The molecule has 1 fully saturated rings. The van der Waals surface area contributed by atoms with E-state index in [0.717, 1.165) is 12.0 Å². The number of hydrogen-bond donors (Lipinski definition) is 1. The summed E-state index contributed by atoms with van der Waals surface area (Å²) >= 11 is 3.23. The van der Waals surface area contributed by atoms with Gasteiger partial charge < -0.3 is 10.1 Å². The minimum atomic E-state index is -0.258. The van der Waals surface area contributed by atoms with E-state index in [1.165, 1.54) is 18.9 Å². The Bertz CT molecular complexity index is 420. The molecule has 2 aliphatic rings. The molecule has 1 N–H and O–H groups in total. The molecule has 16 heavy (non-hydrogen) atoms. The third-order valence-corrected chi connectivity index (χ3v) is 3.71. The van der Waals surface area contributed by atoms with Crippen molar-refractivity contribution in [1.82, 2.24) is 5.32 Å². The lowest BCUT2D eigenvalue weighted by Gasteiger charge is -2.27. The summed E-state index contributed by atoms with van der Waals surface area (Å²) in [6.45, 7) is 0.665. The molecule has 3 rings (SSSR count). The van der Waals surface area contributed by atoms with Crippen molar-refractivity contribution < 1.29 is 9.13 Å². The summed E-state index contributed by atoms with van der Waals surface area (Å²) in [5.41, 5.74) is 1.08. The molecule has 0 saturated heterocycles. The van der Waals surface area contributed by atoms with E-state index in [-0.39, 0.29) is 5.82 Å². The van der Waals surface area contributed by atoms with Crippen LogP contribution in [0.15, 0.2) is 16.6 Å². The predicted molar refractivity (Wildman–Crippen MR) is 63.1 cm³/mol. The zero-order chi connectivity index (χ0) is 11.1. The first kappa shape index (κ1) is 10.5. The first-order valence-electron chi connectivity index (χ1n) is 5.62. The topological polar surface area (TPSA) is 21.3 Å². The van der Waals surface area contributed by atoms with Crippen molar-refractivity contribution in [2.45, 2.75) is 31.3 Å². The summed E-state index contributed by atoms with van der Waals surface area (Å²) in [4.78, 5) is 0. The van der Waals surface area contributed by atoms with E-state index in [1.807, 2.05) is 6.07 Å². The highest BCUT2D eigenvalue weighted by Crippen LogP contribution is 2.37. The van der Waals surface area contributed by atoms with Gasteiger partial charge in [0, 0.05) is 30.1 Å². The Balaban J connectivity index is 1.93. The molecule has 1 atom stereocenters. The minimum absolute atomic E-state index is 0.258. The van der Waals surface area contributed by atoms with Crippen molar-refractivity contribution >= 4 is 15.9 Å². The van der Waals surface area contributed by atoms with Crippen molar-refractivity contribution in [2.75, 3.05) is 6.61 Å². The highest BCUT2D eigenvalue weighted by atomic mass is 79.9. The highest BCUT2D eigenvalue weighted by molar-refractivity contribution is 9.10. The lowest BCUT2D eigenvalue weighted by molar-refractivity contribution is 0.250. The normalized spacial score (nSPS) is 23.8. The summed E-state index contributed by atoms with van der Waals surface area (Å²) in [5, 5.41) is 3.57. The average Bonchev–Trinajstić information content (AvgIpc) is 3.05. The van der Waals surface area contributed by atoms with Crippen molar-refractivity contribution in [2.24, 2.45) is 0 Å². The van der Waals surface area contributed by atoms with Gasteiger partial charge in [-0.05, 0) is 34.8 Å². The van der Waals surface area contributed by atoms with Crippen LogP contribution in [0.25, 0.3) is 0 Å². The minimum Gasteiger partial charge on any atom is -0.493 e. The van der Waals surface area contributed by atoms with Gasteiger partial charge in [0.05, 0.1) is 11.1 Å². The molecule has 1 aromatic rings. The largest absolute Gasteiger partial charge is 0.493 e. The molecule has 0 spiro atoms. The van der Waals surface area contributed by atoms with Crippen molar-refractivity contribution in [3.63, 3.8) is 0 Å². The van der Waals surface area contributed by atoms with E-state index < -0.39 is 0 Å². The van der Waals surface area contributed by atoms with Crippen molar-refractivity contribution in [1.29, 1.82) is 0 Å². The zero-order valence-corrected chi connectivity index (χ0v) is 10.4. The van der Waals surface area contributed by atoms with Crippen LogP contribution < -0.4 is 10.1 Å². The third-order valence-electron chi connectivity index (χ3n) is 3.11. The molecule has 1 aliphatic heterocycles. The number of fused-ring (bicyclic) bond motifs is 1. The fourth-order valence-electron chi connectivity index (χ4n) is 2.09. The molecule has 0 radical (unpaired) electrons. The van der Waals surface area contributed by atoms with Gasteiger partial charge in [-0.2, -0.15) is 0 Å². The Morgan fingerprint density at radius 3 is 2.88 bits per heavy atom. The Morgan fingerprint density at radius 1 is 1.31 bits per heavy atom. The second kappa shape index (κ2) is 4.00. The fraction of sp³-hybridized carbons (Fsp3) is 0.500. The molecule has 86 valence electrons. The molecular formula is C12H13BrFNO. The van der Waals surface area contributed by atoms with Crippen LogP contribution in [0.1, 0.15) is 30.9 Å². The zero-order valence-electron chi connectivity index (χ0n) is 8.80. The maximum absolute atomic E-state index is 13.4. The fourth-order valence-corrected chi connectivity index (χ4v) is 2.45. The van der Waals surface area contributed by atoms with Gasteiger partial charge in [0.15, 0.2) is 0 Å². The van der Waals surface area contributed by atoms with Crippen LogP contribution in [0.4, 0.5) is 4.39 Å². The molecular weight excluding hydrogens is 273 g/mol. The van der Waals surface area contributed by atoms with E-state index in [4.69, 9.17) is 4.74 Å². The third kappa shape index (κ3) is 1.96. The SMILES string of the molecule is Fc1cc2c(cc1Br)C(NC1CC1)CCO2. The van der Waals surface area contributed by atoms with E-state index >= 15 is 0 Å². The first-order chi connectivity index (χ1) is 7.74. The molecule has 0 bridgehead atoms. The molecule has 1 aliphatic carbocycles. The second-order valence-electron chi connectivity index (χ2n) is 4.43. The van der Waals surface area contributed by atoms with E-state index in [0.29, 0.717) is 28.9 Å². The lowest BCUT2D eigenvalue weighted by Crippen LogP contribution is -2.28. The van der Waals surface area contributed by atoms with Crippen LogP contribution in [-0.2, 0) is 0 Å². The molecule has 1 heterocycles. The van der Waals surface area contributed by atoms with Gasteiger partial charge in [-0.1, -0.05) is 0 Å². The van der Waals surface area contributed by atoms with Gasteiger partial charge in [0.2, 0.25) is 0 Å². The average molecular weight is 286 g/mol. The maximum atomic E-state index is 13.4. The van der Waals surface area contributed by atoms with Gasteiger partial charge in [0.1, 0.15) is 11.6 Å². The van der Waals surface area contributed by atoms with Crippen LogP contribution in [0, 0.1) is 5.82 Å². The maximum Gasteiger partial charge on any atom is 0.141 e. The predicted octanol–water partition coefficient (Wildman–Crippen LogP) is 3.16. The summed E-state index contributed by atoms with van der Waals surface area (Å²) in [6.07, 6.45) is 3.48. The molecule has 1 unspecified atom stereocenters. The molecule has 0 aromatic heterocycles. The van der Waals surface area contributed by atoms with Crippen molar-refractivity contribution in [3.8, 4) is 5.75 Å². The standard InChI is InChI=1S/C12H13BrFNO/c13-9-5-8-11(15-7-1-2-7)3-4-16-12(8)6-10(9)14/h5-7,11,15H,1-4H2. The van der Waals surface area contributed by atoms with E-state index in [9.17, 15) is 4.39 Å². The van der Waals surface area contributed by atoms with Crippen LogP contribution in [0.5, 0.6) is 5.75 Å². The molecule has 1 saturated carbocycles. The highest BCUT2D eigenvalue weighted by Gasteiger charge is 2.29. The molecule has 4 heteroatoms. The van der Waals surface area contributed by atoms with Crippen LogP contribution >= 0.6 is 15.9 Å². The summed E-state index contributed by atoms with van der Waals surface area (Å²) in [6, 6.07) is 4.28. The lowest BCUT2D eigenvalue weighted by atomic mass is 10.0. The summed E-state index contributed by atoms with van der Waals surface area (Å²) < 4.78 is 19.4.